The standard InChI is InChI=1S/C24H27N5O3S/c25-24(28-21-9-11-26-12-10-21)27-17-19-5-7-22(8-6-19)33(30,31)23-4-2-1-3-20(23)18-29-13-15-32-16-14-29/h1-12H,13-18H2,(H3,25,26,27,28). The first kappa shape index (κ1) is 22.9. The third-order valence-electron chi connectivity index (χ3n) is 5.38. The molecule has 0 saturated carbocycles. The minimum atomic E-state index is -3.65. The third kappa shape index (κ3) is 5.95. The molecular weight excluding hydrogens is 438 g/mol. The Morgan fingerprint density at radius 1 is 1.03 bits per heavy atom. The van der Waals surface area contributed by atoms with E-state index in [2.05, 4.69) is 20.2 Å². The molecule has 0 unspecified atom stereocenters. The molecule has 0 atom stereocenters. The Morgan fingerprint density at radius 3 is 2.45 bits per heavy atom. The fraction of sp³-hybridized carbons (Fsp3) is 0.250. The lowest BCUT2D eigenvalue weighted by atomic mass is 10.2. The van der Waals surface area contributed by atoms with Crippen molar-refractivity contribution in [3.05, 3.63) is 84.2 Å². The lowest BCUT2D eigenvalue weighted by Crippen LogP contribution is -2.36. The van der Waals surface area contributed by atoms with Gasteiger partial charge in [-0.15, -0.1) is 0 Å². The van der Waals surface area contributed by atoms with E-state index >= 15 is 0 Å². The van der Waals surface area contributed by atoms with Gasteiger partial charge in [-0.05, 0) is 41.5 Å². The molecule has 9 heteroatoms. The lowest BCUT2D eigenvalue weighted by molar-refractivity contribution is 0.0338. The quantitative estimate of drug-likeness (QED) is 0.408. The zero-order valence-electron chi connectivity index (χ0n) is 18.2. The van der Waals surface area contributed by atoms with Crippen LogP contribution in [0.3, 0.4) is 0 Å². The van der Waals surface area contributed by atoms with E-state index in [1.54, 1.807) is 60.9 Å². The highest BCUT2D eigenvalue weighted by atomic mass is 32.2. The Bertz CT molecular complexity index is 1190. The van der Waals surface area contributed by atoms with Gasteiger partial charge in [0, 0.05) is 37.7 Å². The van der Waals surface area contributed by atoms with E-state index in [1.165, 1.54) is 0 Å². The Labute approximate surface area is 194 Å². The first-order valence-electron chi connectivity index (χ1n) is 10.7. The van der Waals surface area contributed by atoms with Gasteiger partial charge in [0.1, 0.15) is 0 Å². The average molecular weight is 466 g/mol. The van der Waals surface area contributed by atoms with Crippen LogP contribution in [0.25, 0.3) is 0 Å². The summed E-state index contributed by atoms with van der Waals surface area (Å²) < 4.78 is 32.1. The normalized spacial score (nSPS) is 15.3. The highest BCUT2D eigenvalue weighted by molar-refractivity contribution is 7.91. The number of aliphatic imine (C=N–C) groups is 1. The summed E-state index contributed by atoms with van der Waals surface area (Å²) in [5.41, 5.74) is 8.38. The zero-order valence-corrected chi connectivity index (χ0v) is 19.0. The van der Waals surface area contributed by atoms with E-state index in [9.17, 15) is 8.42 Å². The SMILES string of the molecule is NC(=NCc1ccc(S(=O)(=O)c2ccccc2CN2CCOCC2)cc1)Nc1ccncc1. The number of nitrogens with one attached hydrogen (secondary N) is 1. The number of hydrogen-bond acceptors (Lipinski definition) is 6. The molecule has 0 radical (unpaired) electrons. The molecule has 1 saturated heterocycles. The summed E-state index contributed by atoms with van der Waals surface area (Å²) in [5, 5.41) is 2.99. The molecule has 2 heterocycles. The molecule has 0 amide bonds. The third-order valence-corrected chi connectivity index (χ3v) is 7.25. The van der Waals surface area contributed by atoms with Crippen LogP contribution in [-0.2, 0) is 27.7 Å². The molecule has 8 nitrogen and oxygen atoms in total. The van der Waals surface area contributed by atoms with E-state index < -0.39 is 9.84 Å². The molecule has 3 aromatic rings. The van der Waals surface area contributed by atoms with Crippen LogP contribution >= 0.6 is 0 Å². The van der Waals surface area contributed by atoms with E-state index in [0.29, 0.717) is 31.2 Å². The van der Waals surface area contributed by atoms with Crippen LogP contribution < -0.4 is 11.1 Å². The number of sulfone groups is 1. The predicted octanol–water partition coefficient (Wildman–Crippen LogP) is 2.67. The molecule has 1 fully saturated rings. The number of guanidine groups is 1. The monoisotopic (exact) mass is 465 g/mol. The van der Waals surface area contributed by atoms with Gasteiger partial charge in [-0.1, -0.05) is 30.3 Å². The van der Waals surface area contributed by atoms with Crippen LogP contribution in [0.5, 0.6) is 0 Å². The van der Waals surface area contributed by atoms with E-state index in [0.717, 1.165) is 29.9 Å². The number of ether oxygens (including phenoxy) is 1. The Balaban J connectivity index is 1.46. The second kappa shape index (κ2) is 10.6. The maximum Gasteiger partial charge on any atom is 0.206 e. The topological polar surface area (TPSA) is 110 Å². The molecule has 1 aliphatic rings. The Kier molecular flexibility index (Phi) is 7.33. The summed E-state index contributed by atoms with van der Waals surface area (Å²) in [6.07, 6.45) is 3.32. The summed E-state index contributed by atoms with van der Waals surface area (Å²) in [6, 6.07) is 17.5. The van der Waals surface area contributed by atoms with Gasteiger partial charge >= 0.3 is 0 Å². The maximum absolute atomic E-state index is 13.4. The molecule has 4 rings (SSSR count). The second-order valence-corrected chi connectivity index (χ2v) is 9.62. The highest BCUT2D eigenvalue weighted by Crippen LogP contribution is 2.26. The minimum absolute atomic E-state index is 0.257. The zero-order chi connectivity index (χ0) is 23.1. The van der Waals surface area contributed by atoms with Gasteiger partial charge < -0.3 is 15.8 Å². The number of anilines is 1. The van der Waals surface area contributed by atoms with Crippen molar-refractivity contribution in [3.8, 4) is 0 Å². The molecular formula is C24H27N5O3S. The molecule has 0 spiro atoms. The van der Waals surface area contributed by atoms with Crippen LogP contribution in [0, 0.1) is 0 Å². The van der Waals surface area contributed by atoms with Gasteiger partial charge in [0.15, 0.2) is 5.96 Å². The smallest absolute Gasteiger partial charge is 0.206 e. The highest BCUT2D eigenvalue weighted by Gasteiger charge is 2.22. The van der Waals surface area contributed by atoms with Crippen molar-refractivity contribution in [2.24, 2.45) is 10.7 Å². The molecule has 172 valence electrons. The number of rotatable bonds is 7. The van der Waals surface area contributed by atoms with Crippen LogP contribution in [0.1, 0.15) is 11.1 Å². The number of morpholine rings is 1. The lowest BCUT2D eigenvalue weighted by Gasteiger charge is -2.27. The van der Waals surface area contributed by atoms with E-state index in [4.69, 9.17) is 10.5 Å². The van der Waals surface area contributed by atoms with Crippen molar-refractivity contribution in [1.29, 1.82) is 0 Å². The number of nitrogens with zero attached hydrogens (tertiary/aromatic N) is 3. The predicted molar refractivity (Wildman–Crippen MR) is 128 cm³/mol. The number of hydrogen-bond donors (Lipinski definition) is 2. The van der Waals surface area contributed by atoms with Crippen molar-refractivity contribution in [3.63, 3.8) is 0 Å². The molecule has 2 aromatic carbocycles. The summed E-state index contributed by atoms with van der Waals surface area (Å²) >= 11 is 0. The van der Waals surface area contributed by atoms with Crippen LogP contribution in [-0.4, -0.2) is 50.6 Å². The molecule has 1 aliphatic heterocycles. The summed E-state index contributed by atoms with van der Waals surface area (Å²) in [5.74, 6) is 0.273. The molecule has 0 aliphatic carbocycles. The van der Waals surface area contributed by atoms with Gasteiger partial charge in [0.25, 0.3) is 0 Å². The van der Waals surface area contributed by atoms with Crippen molar-refractivity contribution in [1.82, 2.24) is 9.88 Å². The van der Waals surface area contributed by atoms with Crippen molar-refractivity contribution >= 4 is 21.5 Å². The summed E-state index contributed by atoms with van der Waals surface area (Å²) in [4.78, 5) is 11.1. The van der Waals surface area contributed by atoms with Crippen molar-refractivity contribution in [2.75, 3.05) is 31.6 Å². The first-order chi connectivity index (χ1) is 16.0. The molecule has 33 heavy (non-hydrogen) atoms. The number of pyridine rings is 1. The van der Waals surface area contributed by atoms with Gasteiger partial charge in [-0.25, -0.2) is 13.4 Å². The van der Waals surface area contributed by atoms with Crippen molar-refractivity contribution in [2.45, 2.75) is 22.9 Å². The summed E-state index contributed by atoms with van der Waals surface area (Å²) in [7, 11) is -3.65. The van der Waals surface area contributed by atoms with Crippen LogP contribution in [0.15, 0.2) is 87.8 Å². The van der Waals surface area contributed by atoms with E-state index in [1.807, 2.05) is 12.1 Å². The summed E-state index contributed by atoms with van der Waals surface area (Å²) in [6.45, 7) is 3.83. The Hall–Kier alpha value is -3.27. The first-order valence-corrected chi connectivity index (χ1v) is 12.2. The number of aromatic nitrogens is 1. The Morgan fingerprint density at radius 2 is 1.73 bits per heavy atom. The van der Waals surface area contributed by atoms with Gasteiger partial charge in [-0.2, -0.15) is 0 Å². The molecule has 1 aromatic heterocycles. The molecule has 0 bridgehead atoms. The van der Waals surface area contributed by atoms with Gasteiger partial charge in [0.2, 0.25) is 9.84 Å². The maximum atomic E-state index is 13.4. The van der Waals surface area contributed by atoms with Gasteiger partial charge in [-0.3, -0.25) is 9.88 Å². The number of benzene rings is 2. The average Bonchev–Trinajstić information content (AvgIpc) is 2.84. The molecule has 3 N–H and O–H groups in total. The van der Waals surface area contributed by atoms with Crippen molar-refractivity contribution < 1.29 is 13.2 Å². The number of nitrogens with two attached hydrogens (primary N) is 1. The second-order valence-electron chi connectivity index (χ2n) is 7.71. The van der Waals surface area contributed by atoms with E-state index in [-0.39, 0.29) is 10.9 Å². The fourth-order valence-electron chi connectivity index (χ4n) is 3.60. The fourth-order valence-corrected chi connectivity index (χ4v) is 5.08. The van der Waals surface area contributed by atoms with Crippen LogP contribution in [0.2, 0.25) is 0 Å². The minimum Gasteiger partial charge on any atom is -0.379 e. The largest absolute Gasteiger partial charge is 0.379 e. The van der Waals surface area contributed by atoms with Crippen LogP contribution in [0.4, 0.5) is 5.69 Å². The van der Waals surface area contributed by atoms with Gasteiger partial charge in [0.05, 0.1) is 29.5 Å².